The summed E-state index contributed by atoms with van der Waals surface area (Å²) in [6, 6.07) is 3.23. The highest BCUT2D eigenvalue weighted by atomic mass is 35.5. The minimum Gasteiger partial charge on any atom is -0.396 e. The van der Waals surface area contributed by atoms with Crippen molar-refractivity contribution in [2.45, 2.75) is 19.5 Å². The predicted octanol–water partition coefficient (Wildman–Crippen LogP) is 1.96. The van der Waals surface area contributed by atoms with Gasteiger partial charge < -0.3 is 15.3 Å². The van der Waals surface area contributed by atoms with Crippen LogP contribution in [0.3, 0.4) is 0 Å². The molecule has 0 saturated carbocycles. The number of nitrogens with one attached hydrogen (secondary N) is 1. The van der Waals surface area contributed by atoms with Gasteiger partial charge >= 0.3 is 6.03 Å². The average molecular weight is 422 g/mol. The minimum atomic E-state index is -0.599. The summed E-state index contributed by atoms with van der Waals surface area (Å²) in [6.45, 7) is 1.96. The van der Waals surface area contributed by atoms with Gasteiger partial charge in [0.15, 0.2) is 0 Å². The highest BCUT2D eigenvalue weighted by Gasteiger charge is 2.36. The zero-order valence-corrected chi connectivity index (χ0v) is 16.6. The SMILES string of the molecule is CN1Cc2c3c(nn2CC(CO)C1)CCN(C(=O)Nc1ccc(F)c(Cl)c1)C3=O. The molecule has 2 aromatic rings. The Morgan fingerprint density at radius 2 is 2.21 bits per heavy atom. The summed E-state index contributed by atoms with van der Waals surface area (Å²) in [5.74, 6) is -0.967. The molecule has 3 heterocycles. The molecule has 1 unspecified atom stereocenters. The third kappa shape index (κ3) is 3.73. The van der Waals surface area contributed by atoms with Crippen molar-refractivity contribution >= 4 is 29.2 Å². The number of aliphatic hydroxyl groups is 1. The van der Waals surface area contributed by atoms with E-state index in [1.54, 1.807) is 4.68 Å². The molecule has 154 valence electrons. The van der Waals surface area contributed by atoms with E-state index in [0.29, 0.717) is 43.0 Å². The van der Waals surface area contributed by atoms with E-state index in [1.807, 2.05) is 11.9 Å². The summed E-state index contributed by atoms with van der Waals surface area (Å²) in [5.41, 5.74) is 2.19. The molecule has 1 atom stereocenters. The van der Waals surface area contributed by atoms with Crippen LogP contribution in [0.2, 0.25) is 5.02 Å². The normalized spacial score (nSPS) is 19.5. The molecule has 29 heavy (non-hydrogen) atoms. The van der Waals surface area contributed by atoms with Crippen LogP contribution in [0, 0.1) is 11.7 Å². The topological polar surface area (TPSA) is 90.7 Å². The molecule has 0 fully saturated rings. The summed E-state index contributed by atoms with van der Waals surface area (Å²) < 4.78 is 15.1. The number of urea groups is 1. The standard InChI is InChI=1S/C19H21ClFN5O3/c1-24-7-11(10-27)8-26-16(9-24)17-15(23-26)4-5-25(18(17)28)19(29)22-12-2-3-14(21)13(20)6-12/h2-3,6,11,27H,4-5,7-10H2,1H3,(H,22,29). The van der Waals surface area contributed by atoms with Gasteiger partial charge in [-0.3, -0.25) is 14.4 Å². The fourth-order valence-electron chi connectivity index (χ4n) is 3.88. The molecular weight excluding hydrogens is 401 g/mol. The molecule has 8 nitrogen and oxygen atoms in total. The molecule has 0 radical (unpaired) electrons. The first-order valence-electron chi connectivity index (χ1n) is 9.33. The van der Waals surface area contributed by atoms with Gasteiger partial charge in [0, 0.05) is 50.8 Å². The number of rotatable bonds is 2. The first-order valence-corrected chi connectivity index (χ1v) is 9.71. The van der Waals surface area contributed by atoms with Gasteiger partial charge in [0.05, 0.1) is 22.0 Å². The van der Waals surface area contributed by atoms with Crippen molar-refractivity contribution in [3.8, 4) is 0 Å². The number of aromatic nitrogens is 2. The number of fused-ring (bicyclic) bond motifs is 3. The highest BCUT2D eigenvalue weighted by molar-refractivity contribution is 6.31. The van der Waals surface area contributed by atoms with Gasteiger partial charge in [-0.05, 0) is 25.2 Å². The van der Waals surface area contributed by atoms with Crippen molar-refractivity contribution in [1.82, 2.24) is 19.6 Å². The van der Waals surface area contributed by atoms with Crippen LogP contribution in [0.4, 0.5) is 14.9 Å². The Hall–Kier alpha value is -2.49. The van der Waals surface area contributed by atoms with Crippen LogP contribution in [0.5, 0.6) is 0 Å². The Morgan fingerprint density at radius 1 is 1.41 bits per heavy atom. The number of carbonyl (C=O) groups excluding carboxylic acids is 2. The summed E-state index contributed by atoms with van der Waals surface area (Å²) in [4.78, 5) is 29.0. The minimum absolute atomic E-state index is 0.0281. The smallest absolute Gasteiger partial charge is 0.328 e. The Kier molecular flexibility index (Phi) is 5.28. The number of hydrogen-bond donors (Lipinski definition) is 2. The molecule has 0 saturated heterocycles. The van der Waals surface area contributed by atoms with Crippen molar-refractivity contribution < 1.29 is 19.1 Å². The molecule has 2 aliphatic rings. The fraction of sp³-hybridized carbons (Fsp3) is 0.421. The molecule has 2 aliphatic heterocycles. The number of halogens is 2. The molecule has 1 aromatic carbocycles. The second-order valence-electron chi connectivity index (χ2n) is 7.46. The third-order valence-corrected chi connectivity index (χ3v) is 5.55. The Morgan fingerprint density at radius 3 is 2.93 bits per heavy atom. The van der Waals surface area contributed by atoms with Crippen molar-refractivity contribution in [3.63, 3.8) is 0 Å². The lowest BCUT2D eigenvalue weighted by Gasteiger charge is -2.26. The maximum atomic E-state index is 13.3. The highest BCUT2D eigenvalue weighted by Crippen LogP contribution is 2.27. The lowest BCUT2D eigenvalue weighted by atomic mass is 10.0. The quantitative estimate of drug-likeness (QED) is 0.773. The van der Waals surface area contributed by atoms with Crippen molar-refractivity contribution in [2.75, 3.05) is 32.1 Å². The number of aliphatic hydroxyl groups excluding tert-OH is 1. The number of amides is 3. The van der Waals surface area contributed by atoms with Gasteiger partial charge in [-0.15, -0.1) is 0 Å². The Labute approximate surface area is 171 Å². The van der Waals surface area contributed by atoms with Crippen molar-refractivity contribution in [2.24, 2.45) is 5.92 Å². The lowest BCUT2D eigenvalue weighted by Crippen LogP contribution is -2.44. The zero-order chi connectivity index (χ0) is 20.7. The molecule has 1 aromatic heterocycles. The van der Waals surface area contributed by atoms with E-state index in [0.717, 1.165) is 16.7 Å². The largest absolute Gasteiger partial charge is 0.396 e. The molecule has 10 heteroatoms. The Bertz CT molecular complexity index is 979. The molecule has 0 spiro atoms. The van der Waals surface area contributed by atoms with Gasteiger partial charge in [0.1, 0.15) is 5.82 Å². The second-order valence-corrected chi connectivity index (χ2v) is 7.87. The summed E-state index contributed by atoms with van der Waals surface area (Å²) in [7, 11) is 1.92. The van der Waals surface area contributed by atoms with Gasteiger partial charge in [0.2, 0.25) is 0 Å². The molecule has 2 N–H and O–H groups in total. The van der Waals surface area contributed by atoms with Gasteiger partial charge in [-0.1, -0.05) is 11.6 Å². The number of anilines is 1. The van der Waals surface area contributed by atoms with Crippen LogP contribution in [0.15, 0.2) is 18.2 Å². The van der Waals surface area contributed by atoms with E-state index in [-0.39, 0.29) is 24.1 Å². The average Bonchev–Trinajstić information content (AvgIpc) is 2.93. The monoisotopic (exact) mass is 421 g/mol. The number of benzene rings is 1. The maximum absolute atomic E-state index is 13.3. The fourth-order valence-corrected chi connectivity index (χ4v) is 4.06. The van der Waals surface area contributed by atoms with Gasteiger partial charge in [-0.25, -0.2) is 9.18 Å². The summed E-state index contributed by atoms with van der Waals surface area (Å²) >= 11 is 5.76. The number of nitrogens with zero attached hydrogens (tertiary/aromatic N) is 4. The van der Waals surface area contributed by atoms with Crippen LogP contribution >= 0.6 is 11.6 Å². The first-order chi connectivity index (χ1) is 13.9. The van der Waals surface area contributed by atoms with Crippen LogP contribution in [-0.2, 0) is 19.5 Å². The third-order valence-electron chi connectivity index (χ3n) is 5.26. The maximum Gasteiger partial charge on any atom is 0.328 e. The van der Waals surface area contributed by atoms with E-state index < -0.39 is 17.8 Å². The predicted molar refractivity (Wildman–Crippen MR) is 104 cm³/mol. The molecule has 3 amide bonds. The van der Waals surface area contributed by atoms with Crippen molar-refractivity contribution in [1.29, 1.82) is 0 Å². The van der Waals surface area contributed by atoms with Crippen molar-refractivity contribution in [3.05, 3.63) is 46.0 Å². The lowest BCUT2D eigenvalue weighted by molar-refractivity contribution is 0.0795. The van der Waals surface area contributed by atoms with Crippen LogP contribution in [-0.4, -0.2) is 63.4 Å². The second kappa shape index (κ2) is 7.74. The summed E-state index contributed by atoms with van der Waals surface area (Å²) in [5, 5.41) is 16.6. The van der Waals surface area contributed by atoms with E-state index in [4.69, 9.17) is 11.6 Å². The van der Waals surface area contributed by atoms with E-state index in [2.05, 4.69) is 10.4 Å². The molecular formula is C19H21ClFN5O3. The number of imide groups is 1. The summed E-state index contributed by atoms with van der Waals surface area (Å²) in [6.07, 6.45) is 0.451. The first kappa shape index (κ1) is 19.8. The van der Waals surface area contributed by atoms with E-state index >= 15 is 0 Å². The Balaban J connectivity index is 1.59. The van der Waals surface area contributed by atoms with Gasteiger partial charge in [-0.2, -0.15) is 5.10 Å². The number of hydrogen-bond acceptors (Lipinski definition) is 5. The molecule has 0 aliphatic carbocycles. The van der Waals surface area contributed by atoms with E-state index in [1.165, 1.54) is 12.1 Å². The van der Waals surface area contributed by atoms with Gasteiger partial charge in [0.25, 0.3) is 5.91 Å². The van der Waals surface area contributed by atoms with Crippen LogP contribution < -0.4 is 5.32 Å². The van der Waals surface area contributed by atoms with E-state index in [9.17, 15) is 19.1 Å². The zero-order valence-electron chi connectivity index (χ0n) is 15.9. The van der Waals surface area contributed by atoms with Crippen LogP contribution in [0.25, 0.3) is 0 Å². The number of carbonyl (C=O) groups is 2. The molecule has 0 bridgehead atoms. The molecule has 4 rings (SSSR count). The van der Waals surface area contributed by atoms with Crippen LogP contribution in [0.1, 0.15) is 21.7 Å².